The largest absolute Gasteiger partial charge is 0.301 e. The van der Waals surface area contributed by atoms with Gasteiger partial charge in [-0.25, -0.2) is 0 Å². The molecule has 1 aliphatic rings. The van der Waals surface area contributed by atoms with Crippen molar-refractivity contribution >= 4 is 0 Å². The van der Waals surface area contributed by atoms with E-state index in [1.807, 2.05) is 4.68 Å². The lowest BCUT2D eigenvalue weighted by Crippen LogP contribution is -2.46. The lowest BCUT2D eigenvalue weighted by Gasteiger charge is -2.34. The predicted molar refractivity (Wildman–Crippen MR) is 88.5 cm³/mol. The number of aromatic nitrogens is 2. The molecule has 0 saturated carbocycles. The van der Waals surface area contributed by atoms with E-state index in [1.54, 1.807) is 0 Å². The van der Waals surface area contributed by atoms with E-state index in [-0.39, 0.29) is 0 Å². The summed E-state index contributed by atoms with van der Waals surface area (Å²) in [7, 11) is 2.06. The van der Waals surface area contributed by atoms with Crippen molar-refractivity contribution < 1.29 is 0 Å². The van der Waals surface area contributed by atoms with Gasteiger partial charge in [-0.2, -0.15) is 5.10 Å². The van der Waals surface area contributed by atoms with Crippen molar-refractivity contribution in [2.75, 3.05) is 32.7 Å². The van der Waals surface area contributed by atoms with Gasteiger partial charge in [0.25, 0.3) is 0 Å². The van der Waals surface area contributed by atoms with Gasteiger partial charge < -0.3 is 4.90 Å². The van der Waals surface area contributed by atoms with Crippen LogP contribution in [-0.4, -0.2) is 52.3 Å². The van der Waals surface area contributed by atoms with E-state index in [0.29, 0.717) is 5.92 Å². The molecule has 1 saturated heterocycles. The summed E-state index contributed by atoms with van der Waals surface area (Å²) < 4.78 is 2.04. The summed E-state index contributed by atoms with van der Waals surface area (Å²) in [6.07, 6.45) is 1.32. The minimum Gasteiger partial charge on any atom is -0.301 e. The normalized spacial score (nSPS) is 18.0. The average Bonchev–Trinajstić information content (AvgIpc) is 2.79. The summed E-state index contributed by atoms with van der Waals surface area (Å²) in [5, 5.41) is 4.67. The van der Waals surface area contributed by atoms with Gasteiger partial charge in [0.2, 0.25) is 0 Å². The number of rotatable bonds is 6. The Morgan fingerprint density at radius 2 is 1.67 bits per heavy atom. The van der Waals surface area contributed by atoms with Crippen molar-refractivity contribution in [3.8, 4) is 0 Å². The van der Waals surface area contributed by atoms with Crippen LogP contribution in [0.5, 0.6) is 0 Å². The molecule has 0 unspecified atom stereocenters. The van der Waals surface area contributed by atoms with E-state index in [2.05, 4.69) is 55.7 Å². The maximum atomic E-state index is 4.67. The summed E-state index contributed by atoms with van der Waals surface area (Å²) in [6, 6.07) is 2.27. The Bertz CT molecular complexity index is 428. The molecule has 0 aromatic carbocycles. The Hall–Kier alpha value is -0.870. The SMILES string of the molecule is CC(C)CCN1CCN(Cc2cc(C(C)C)n(C)n2)CC1. The highest BCUT2D eigenvalue weighted by atomic mass is 15.3. The van der Waals surface area contributed by atoms with E-state index in [0.717, 1.165) is 12.5 Å². The van der Waals surface area contributed by atoms with Crippen molar-refractivity contribution in [3.63, 3.8) is 0 Å². The molecular weight excluding hydrogens is 260 g/mol. The summed E-state index contributed by atoms with van der Waals surface area (Å²) in [5.74, 6) is 1.36. The highest BCUT2D eigenvalue weighted by molar-refractivity contribution is 5.13. The highest BCUT2D eigenvalue weighted by Gasteiger charge is 2.18. The maximum absolute atomic E-state index is 4.67. The fraction of sp³-hybridized carbons (Fsp3) is 0.824. The second kappa shape index (κ2) is 7.41. The molecule has 4 nitrogen and oxygen atoms in total. The second-order valence-electron chi connectivity index (χ2n) is 7.14. The van der Waals surface area contributed by atoms with E-state index < -0.39 is 0 Å². The van der Waals surface area contributed by atoms with Gasteiger partial charge in [-0.1, -0.05) is 27.7 Å². The zero-order chi connectivity index (χ0) is 15.4. The lowest BCUT2D eigenvalue weighted by molar-refractivity contribution is 0.122. The molecule has 1 fully saturated rings. The zero-order valence-corrected chi connectivity index (χ0v) is 14.5. The third-order valence-corrected chi connectivity index (χ3v) is 4.43. The molecule has 0 atom stereocenters. The number of aryl methyl sites for hydroxylation is 1. The number of piperazine rings is 1. The average molecular weight is 292 g/mol. The first kappa shape index (κ1) is 16.5. The molecule has 0 spiro atoms. The molecule has 0 amide bonds. The third kappa shape index (κ3) is 4.82. The Labute approximate surface area is 130 Å². The molecule has 1 aliphatic heterocycles. The van der Waals surface area contributed by atoms with Crippen molar-refractivity contribution in [2.45, 2.75) is 46.6 Å². The Balaban J connectivity index is 1.79. The quantitative estimate of drug-likeness (QED) is 0.806. The van der Waals surface area contributed by atoms with E-state index in [1.165, 1.54) is 50.5 Å². The predicted octanol–water partition coefficient (Wildman–Crippen LogP) is 2.71. The topological polar surface area (TPSA) is 24.3 Å². The third-order valence-electron chi connectivity index (χ3n) is 4.43. The molecule has 1 aromatic heterocycles. The van der Waals surface area contributed by atoms with Crippen LogP contribution in [0.25, 0.3) is 0 Å². The number of nitrogens with zero attached hydrogens (tertiary/aromatic N) is 4. The molecule has 2 heterocycles. The molecule has 0 aliphatic carbocycles. The van der Waals surface area contributed by atoms with Crippen LogP contribution in [0.2, 0.25) is 0 Å². The van der Waals surface area contributed by atoms with Crippen LogP contribution >= 0.6 is 0 Å². The van der Waals surface area contributed by atoms with E-state index in [9.17, 15) is 0 Å². The molecular formula is C17H32N4. The fourth-order valence-electron chi connectivity index (χ4n) is 3.00. The number of hydrogen-bond acceptors (Lipinski definition) is 3. The molecule has 4 heteroatoms. The van der Waals surface area contributed by atoms with Crippen molar-refractivity contribution in [1.82, 2.24) is 19.6 Å². The molecule has 2 rings (SSSR count). The Kier molecular flexibility index (Phi) is 5.82. The van der Waals surface area contributed by atoms with Crippen LogP contribution in [0, 0.1) is 5.92 Å². The van der Waals surface area contributed by atoms with E-state index in [4.69, 9.17) is 0 Å². The smallest absolute Gasteiger partial charge is 0.0767 e. The van der Waals surface area contributed by atoms with Crippen LogP contribution in [-0.2, 0) is 13.6 Å². The van der Waals surface area contributed by atoms with Gasteiger partial charge in [-0.05, 0) is 30.9 Å². The summed E-state index contributed by atoms with van der Waals surface area (Å²) in [6.45, 7) is 16.1. The Morgan fingerprint density at radius 3 is 2.19 bits per heavy atom. The van der Waals surface area contributed by atoms with E-state index >= 15 is 0 Å². The fourth-order valence-corrected chi connectivity index (χ4v) is 3.00. The summed E-state index contributed by atoms with van der Waals surface area (Å²) >= 11 is 0. The first-order valence-electron chi connectivity index (χ1n) is 8.43. The van der Waals surface area contributed by atoms with Gasteiger partial charge >= 0.3 is 0 Å². The summed E-state index contributed by atoms with van der Waals surface area (Å²) in [4.78, 5) is 5.15. The molecule has 21 heavy (non-hydrogen) atoms. The van der Waals surface area contributed by atoms with Crippen LogP contribution in [0.15, 0.2) is 6.07 Å². The van der Waals surface area contributed by atoms with Gasteiger partial charge in [0, 0.05) is 45.5 Å². The molecule has 0 radical (unpaired) electrons. The minimum atomic E-state index is 0.545. The molecule has 0 N–H and O–H groups in total. The lowest BCUT2D eigenvalue weighted by atomic mass is 10.1. The van der Waals surface area contributed by atoms with Crippen molar-refractivity contribution in [1.29, 1.82) is 0 Å². The van der Waals surface area contributed by atoms with Gasteiger partial charge in [0.05, 0.1) is 5.69 Å². The first-order valence-corrected chi connectivity index (χ1v) is 8.43. The van der Waals surface area contributed by atoms with Crippen LogP contribution < -0.4 is 0 Å². The minimum absolute atomic E-state index is 0.545. The van der Waals surface area contributed by atoms with Crippen LogP contribution in [0.4, 0.5) is 0 Å². The second-order valence-corrected chi connectivity index (χ2v) is 7.14. The molecule has 1 aromatic rings. The number of hydrogen-bond donors (Lipinski definition) is 0. The Morgan fingerprint density at radius 1 is 1.05 bits per heavy atom. The molecule has 120 valence electrons. The van der Waals surface area contributed by atoms with Crippen LogP contribution in [0.1, 0.15) is 51.4 Å². The van der Waals surface area contributed by atoms with Gasteiger partial charge in [-0.15, -0.1) is 0 Å². The van der Waals surface area contributed by atoms with Gasteiger partial charge in [0.15, 0.2) is 0 Å². The van der Waals surface area contributed by atoms with Gasteiger partial charge in [-0.3, -0.25) is 9.58 Å². The highest BCUT2D eigenvalue weighted by Crippen LogP contribution is 2.16. The van der Waals surface area contributed by atoms with Gasteiger partial charge in [0.1, 0.15) is 0 Å². The zero-order valence-electron chi connectivity index (χ0n) is 14.5. The first-order chi connectivity index (χ1) is 9.95. The standard InChI is InChI=1S/C17H32N4/c1-14(2)6-7-20-8-10-21(11-9-20)13-16-12-17(15(3)4)19(5)18-16/h12,14-15H,6-11,13H2,1-5H3. The van der Waals surface area contributed by atoms with Crippen molar-refractivity contribution in [3.05, 3.63) is 17.5 Å². The van der Waals surface area contributed by atoms with Crippen LogP contribution in [0.3, 0.4) is 0 Å². The monoisotopic (exact) mass is 292 g/mol. The maximum Gasteiger partial charge on any atom is 0.0767 e. The van der Waals surface area contributed by atoms with Crippen molar-refractivity contribution in [2.24, 2.45) is 13.0 Å². The molecule has 0 bridgehead atoms. The summed E-state index contributed by atoms with van der Waals surface area (Å²) in [5.41, 5.74) is 2.55.